The monoisotopic (exact) mass is 1080 g/mol. The number of ether oxygens (including phenoxy) is 3. The summed E-state index contributed by atoms with van der Waals surface area (Å²) < 4.78 is 105. The zero-order valence-corrected chi connectivity index (χ0v) is 44.0. The van der Waals surface area contributed by atoms with Crippen molar-refractivity contribution < 1.29 is 39.5 Å². The highest BCUT2D eigenvalue weighted by Crippen LogP contribution is 2.37. The number of sulfonamides is 3. The number of imidazole rings is 2. The number of rotatable bonds is 15. The molecule has 15 nitrogen and oxygen atoms in total. The molecule has 0 radical (unpaired) electrons. The molecule has 77 heavy (non-hydrogen) atoms. The summed E-state index contributed by atoms with van der Waals surface area (Å²) in [5.74, 6) is 2.85. The zero-order chi connectivity index (χ0) is 53.7. The van der Waals surface area contributed by atoms with Gasteiger partial charge in [0, 0.05) is 22.5 Å². The van der Waals surface area contributed by atoms with Crippen LogP contribution in [-0.2, 0) is 30.1 Å². The standard InChI is InChI=1S/C33H27N3O6S2.C26H21N3O3S/c1-41-27-14-18-29(19-15-27)43(37,38)36(44(39,40)30-20-16-28(42-2)17-21-30)26-13-22-32-31(23-26)34-33(24-9-5-3-6-10-24)35(32)25-11-7-4-8-12-25;1-32-22-13-15-23(16-14-22)33(30,31)28-20-12-17-25-24(18-20)27-26(19-8-4-2-5-9-19)29(25)21-10-6-3-7-11-21/h3-23H,1-2H3;2-18,28H,1H3. The van der Waals surface area contributed by atoms with Gasteiger partial charge in [0.1, 0.15) is 28.9 Å². The van der Waals surface area contributed by atoms with Gasteiger partial charge in [-0.3, -0.25) is 13.9 Å². The van der Waals surface area contributed by atoms with Crippen LogP contribution in [0.4, 0.5) is 11.4 Å². The molecule has 11 rings (SSSR count). The molecule has 0 saturated heterocycles. The van der Waals surface area contributed by atoms with Crippen LogP contribution in [0.15, 0.2) is 245 Å². The summed E-state index contributed by atoms with van der Waals surface area (Å²) in [5.41, 5.74) is 6.62. The molecule has 0 unspecified atom stereocenters. The largest absolute Gasteiger partial charge is 0.497 e. The summed E-state index contributed by atoms with van der Waals surface area (Å²) in [6, 6.07) is 66.4. The van der Waals surface area contributed by atoms with E-state index >= 15 is 0 Å². The SMILES string of the molecule is COc1ccc(S(=O)(=O)N(c2ccc3c(c2)nc(-c2ccccc2)n3-c2ccccc2)S(=O)(=O)c2ccc(OC)cc2)cc1.COc1ccc(S(=O)(=O)Nc2ccc3c(c2)nc(-c2ccccc2)n3-c2ccccc2)cc1. The molecule has 0 fully saturated rings. The van der Waals surface area contributed by atoms with Gasteiger partial charge >= 0.3 is 0 Å². The van der Waals surface area contributed by atoms with Gasteiger partial charge in [0.15, 0.2) is 0 Å². The van der Waals surface area contributed by atoms with Crippen molar-refractivity contribution >= 4 is 63.5 Å². The van der Waals surface area contributed by atoms with Crippen LogP contribution in [0.1, 0.15) is 0 Å². The van der Waals surface area contributed by atoms with E-state index in [4.69, 9.17) is 24.2 Å². The number of aromatic nitrogens is 4. The Hall–Kier alpha value is -9.23. The van der Waals surface area contributed by atoms with Crippen molar-refractivity contribution in [1.82, 2.24) is 19.1 Å². The summed E-state index contributed by atoms with van der Waals surface area (Å²) in [4.78, 5) is 9.43. The molecule has 0 bridgehead atoms. The minimum absolute atomic E-state index is 0.0959. The van der Waals surface area contributed by atoms with Gasteiger partial charge < -0.3 is 14.2 Å². The number of nitrogens with one attached hydrogen (secondary N) is 1. The van der Waals surface area contributed by atoms with Crippen molar-refractivity contribution in [2.45, 2.75) is 14.7 Å². The molecule has 2 heterocycles. The van der Waals surface area contributed by atoms with Crippen LogP contribution in [0, 0.1) is 0 Å². The Morgan fingerprint density at radius 3 is 1.17 bits per heavy atom. The highest BCUT2D eigenvalue weighted by atomic mass is 32.3. The van der Waals surface area contributed by atoms with E-state index in [1.54, 1.807) is 30.3 Å². The van der Waals surface area contributed by atoms with Crippen LogP contribution in [0.3, 0.4) is 0 Å². The van der Waals surface area contributed by atoms with Gasteiger partial charge in [-0.2, -0.15) is 3.71 Å². The van der Waals surface area contributed by atoms with Crippen LogP contribution in [0.2, 0.25) is 0 Å². The Balaban J connectivity index is 0.000000182. The molecule has 0 aliphatic heterocycles. The molecule has 0 spiro atoms. The van der Waals surface area contributed by atoms with Crippen molar-refractivity contribution in [3.8, 4) is 51.4 Å². The van der Waals surface area contributed by atoms with E-state index in [9.17, 15) is 25.3 Å². The normalized spacial score (nSPS) is 11.6. The lowest BCUT2D eigenvalue weighted by atomic mass is 10.2. The van der Waals surface area contributed by atoms with Crippen molar-refractivity contribution in [2.75, 3.05) is 29.8 Å². The molecular formula is C59H48N6O9S3. The Labute approximate surface area is 446 Å². The van der Waals surface area contributed by atoms with Gasteiger partial charge in [-0.25, -0.2) is 35.2 Å². The minimum Gasteiger partial charge on any atom is -0.497 e. The van der Waals surface area contributed by atoms with E-state index in [0.717, 1.165) is 33.8 Å². The highest BCUT2D eigenvalue weighted by molar-refractivity contribution is 8.10. The van der Waals surface area contributed by atoms with Gasteiger partial charge in [0.25, 0.3) is 30.1 Å². The minimum atomic E-state index is -4.65. The van der Waals surface area contributed by atoms with Crippen LogP contribution in [-0.4, -0.2) is 65.7 Å². The second-order valence-corrected chi connectivity index (χ2v) is 22.6. The number of anilines is 2. The van der Waals surface area contributed by atoms with Crippen molar-refractivity contribution in [3.05, 3.63) is 231 Å². The number of para-hydroxylation sites is 2. The number of benzene rings is 9. The second kappa shape index (κ2) is 21.5. The molecule has 0 aliphatic rings. The van der Waals surface area contributed by atoms with Crippen LogP contribution in [0.5, 0.6) is 17.2 Å². The molecule has 9 aromatic carbocycles. The van der Waals surface area contributed by atoms with E-state index in [-0.39, 0.29) is 20.4 Å². The average Bonchev–Trinajstić information content (AvgIpc) is 4.08. The van der Waals surface area contributed by atoms with E-state index in [2.05, 4.69) is 9.29 Å². The Bertz CT molecular complexity index is 4130. The molecule has 2 aromatic heterocycles. The fourth-order valence-corrected chi connectivity index (χ4v) is 13.4. The number of methoxy groups -OCH3 is 3. The topological polar surface area (TPSA) is 181 Å². The Kier molecular flexibility index (Phi) is 14.3. The van der Waals surface area contributed by atoms with E-state index in [1.807, 2.05) is 132 Å². The summed E-state index contributed by atoms with van der Waals surface area (Å²) in [6.07, 6.45) is 0. The zero-order valence-electron chi connectivity index (χ0n) is 41.6. The van der Waals surface area contributed by atoms with Crippen LogP contribution < -0.4 is 22.6 Å². The van der Waals surface area contributed by atoms with Crippen molar-refractivity contribution in [1.29, 1.82) is 0 Å². The molecule has 386 valence electrons. The number of nitrogens with zero attached hydrogens (tertiary/aromatic N) is 5. The number of hydrogen-bond donors (Lipinski definition) is 1. The number of hydrogen-bond acceptors (Lipinski definition) is 11. The molecule has 18 heteroatoms. The Morgan fingerprint density at radius 2 is 0.766 bits per heavy atom. The lowest BCUT2D eigenvalue weighted by Crippen LogP contribution is -2.37. The van der Waals surface area contributed by atoms with E-state index < -0.39 is 30.1 Å². The molecular weight excluding hydrogens is 1030 g/mol. The first-order valence-electron chi connectivity index (χ1n) is 23.8. The molecule has 0 amide bonds. The lowest BCUT2D eigenvalue weighted by molar-refractivity contribution is 0.414. The molecule has 0 aliphatic carbocycles. The number of fused-ring (bicyclic) bond motifs is 2. The highest BCUT2D eigenvalue weighted by Gasteiger charge is 2.38. The van der Waals surface area contributed by atoms with Gasteiger partial charge in [-0.1, -0.05) is 97.1 Å². The average molecular weight is 1080 g/mol. The smallest absolute Gasteiger partial charge is 0.277 e. The first-order chi connectivity index (χ1) is 37.3. The predicted octanol–water partition coefficient (Wildman–Crippen LogP) is 11.8. The van der Waals surface area contributed by atoms with Crippen molar-refractivity contribution in [2.24, 2.45) is 0 Å². The first kappa shape index (κ1) is 51.3. The van der Waals surface area contributed by atoms with E-state index in [0.29, 0.717) is 49.0 Å². The maximum Gasteiger partial charge on any atom is 0.277 e. The quantitative estimate of drug-likeness (QED) is 0.103. The summed E-state index contributed by atoms with van der Waals surface area (Å²) >= 11 is 0. The maximum atomic E-state index is 14.2. The van der Waals surface area contributed by atoms with Gasteiger partial charge in [0.05, 0.1) is 69.5 Å². The van der Waals surface area contributed by atoms with Crippen LogP contribution in [0.25, 0.3) is 56.2 Å². The first-order valence-corrected chi connectivity index (χ1v) is 28.2. The van der Waals surface area contributed by atoms with Crippen molar-refractivity contribution in [3.63, 3.8) is 0 Å². The summed E-state index contributed by atoms with van der Waals surface area (Å²) in [7, 11) is -8.61. The third-order valence-corrected chi connectivity index (χ3v) is 18.0. The molecule has 11 aromatic rings. The maximum absolute atomic E-state index is 14.2. The lowest BCUT2D eigenvalue weighted by Gasteiger charge is -2.24. The van der Waals surface area contributed by atoms with E-state index in [1.165, 1.54) is 94.1 Å². The van der Waals surface area contributed by atoms with Gasteiger partial charge in [0.2, 0.25) is 0 Å². The fourth-order valence-electron chi connectivity index (χ4n) is 8.63. The summed E-state index contributed by atoms with van der Waals surface area (Å²) in [6.45, 7) is 0. The third-order valence-electron chi connectivity index (χ3n) is 12.4. The van der Waals surface area contributed by atoms with Gasteiger partial charge in [-0.15, -0.1) is 0 Å². The predicted molar refractivity (Wildman–Crippen MR) is 300 cm³/mol. The Morgan fingerprint density at radius 1 is 0.403 bits per heavy atom. The third kappa shape index (κ3) is 10.4. The molecule has 0 atom stereocenters. The summed E-state index contributed by atoms with van der Waals surface area (Å²) in [5, 5.41) is 0. The molecule has 0 saturated carbocycles. The fraction of sp³-hybridized carbons (Fsp3) is 0.0508. The molecule has 1 N–H and O–H groups in total. The van der Waals surface area contributed by atoms with Gasteiger partial charge in [-0.05, 0) is 133 Å². The van der Waals surface area contributed by atoms with Crippen LogP contribution >= 0.6 is 0 Å². The second-order valence-electron chi connectivity index (χ2n) is 17.2.